The van der Waals surface area contributed by atoms with Gasteiger partial charge in [0.25, 0.3) is 0 Å². The maximum Gasteiger partial charge on any atom is 0.231 e. The van der Waals surface area contributed by atoms with Crippen LogP contribution in [0.1, 0.15) is 23.3 Å². The van der Waals surface area contributed by atoms with Crippen molar-refractivity contribution in [2.24, 2.45) is 5.73 Å². The largest absolute Gasteiger partial charge is 0.394 e. The molecule has 0 fully saturated rings. The van der Waals surface area contributed by atoms with Crippen molar-refractivity contribution >= 4 is 11.6 Å². The smallest absolute Gasteiger partial charge is 0.231 e. The highest BCUT2D eigenvalue weighted by Crippen LogP contribution is 2.13. The van der Waals surface area contributed by atoms with E-state index < -0.39 is 6.04 Å². The molecular weight excluding hydrogens is 242 g/mol. The summed E-state index contributed by atoms with van der Waals surface area (Å²) in [6, 6.07) is 6.77. The number of aliphatic hydroxyl groups excluding tert-OH is 1. The van der Waals surface area contributed by atoms with Crippen molar-refractivity contribution in [1.29, 1.82) is 0 Å². The monoisotopic (exact) mass is 253 g/mol. The third kappa shape index (κ3) is 3.03. The maximum absolute atomic E-state index is 8.86. The summed E-state index contributed by atoms with van der Waals surface area (Å²) in [5.41, 5.74) is 6.58. The first-order valence-electron chi connectivity index (χ1n) is 5.12. The summed E-state index contributed by atoms with van der Waals surface area (Å²) in [5, 5.41) is 13.2. The molecule has 0 bridgehead atoms. The topological polar surface area (TPSA) is 85.2 Å². The van der Waals surface area contributed by atoms with Crippen LogP contribution >= 0.6 is 11.6 Å². The lowest BCUT2D eigenvalue weighted by Crippen LogP contribution is -2.16. The minimum Gasteiger partial charge on any atom is -0.394 e. The second-order valence-electron chi connectivity index (χ2n) is 3.64. The van der Waals surface area contributed by atoms with Crippen LogP contribution in [0.15, 0.2) is 28.8 Å². The molecule has 0 saturated carbocycles. The highest BCUT2D eigenvalue weighted by molar-refractivity contribution is 6.30. The lowest BCUT2D eigenvalue weighted by atomic mass is 10.1. The van der Waals surface area contributed by atoms with Crippen LogP contribution in [0.25, 0.3) is 0 Å². The molecule has 5 nitrogen and oxygen atoms in total. The van der Waals surface area contributed by atoms with E-state index >= 15 is 0 Å². The van der Waals surface area contributed by atoms with E-state index in [9.17, 15) is 0 Å². The summed E-state index contributed by atoms with van der Waals surface area (Å²) in [4.78, 5) is 4.10. The van der Waals surface area contributed by atoms with E-state index in [1.54, 1.807) is 12.1 Å². The van der Waals surface area contributed by atoms with Gasteiger partial charge in [-0.25, -0.2) is 0 Å². The molecule has 0 spiro atoms. The van der Waals surface area contributed by atoms with Crippen LogP contribution in [0.5, 0.6) is 0 Å². The predicted octanol–water partition coefficient (Wildman–Crippen LogP) is 1.31. The molecule has 90 valence electrons. The van der Waals surface area contributed by atoms with Crippen molar-refractivity contribution in [2.75, 3.05) is 6.61 Å². The molecule has 0 radical (unpaired) electrons. The van der Waals surface area contributed by atoms with Gasteiger partial charge in [0, 0.05) is 5.02 Å². The number of nitrogens with two attached hydrogens (primary N) is 1. The lowest BCUT2D eigenvalue weighted by Gasteiger charge is -1.99. The summed E-state index contributed by atoms with van der Waals surface area (Å²) in [6.45, 7) is -0.208. The van der Waals surface area contributed by atoms with Crippen LogP contribution in [-0.2, 0) is 6.42 Å². The molecule has 1 atom stereocenters. The quantitative estimate of drug-likeness (QED) is 0.858. The zero-order valence-electron chi connectivity index (χ0n) is 9.01. The predicted molar refractivity (Wildman–Crippen MR) is 62.6 cm³/mol. The van der Waals surface area contributed by atoms with Crippen molar-refractivity contribution in [3.8, 4) is 0 Å². The molecule has 1 unspecified atom stereocenters. The van der Waals surface area contributed by atoms with Gasteiger partial charge in [0.2, 0.25) is 5.89 Å². The van der Waals surface area contributed by atoms with Crippen molar-refractivity contribution in [1.82, 2.24) is 10.1 Å². The van der Waals surface area contributed by atoms with E-state index in [0.717, 1.165) is 5.56 Å². The van der Waals surface area contributed by atoms with Crippen LogP contribution in [0.4, 0.5) is 0 Å². The SMILES string of the molecule is NC(CO)c1noc(Cc2ccc(Cl)cc2)n1. The standard InChI is InChI=1S/C11H12ClN3O2/c12-8-3-1-7(2-4-8)5-10-14-11(15-17-10)9(13)6-16/h1-4,9,16H,5-6,13H2. The van der Waals surface area contributed by atoms with Gasteiger partial charge in [-0.2, -0.15) is 4.98 Å². The van der Waals surface area contributed by atoms with E-state index in [1.807, 2.05) is 12.1 Å². The zero-order valence-corrected chi connectivity index (χ0v) is 9.76. The Hall–Kier alpha value is -1.43. The van der Waals surface area contributed by atoms with E-state index in [2.05, 4.69) is 10.1 Å². The molecule has 0 aliphatic heterocycles. The summed E-state index contributed by atoms with van der Waals surface area (Å²) in [7, 11) is 0. The Morgan fingerprint density at radius 3 is 2.71 bits per heavy atom. The molecule has 2 rings (SSSR count). The minimum absolute atomic E-state index is 0.208. The molecular formula is C11H12ClN3O2. The van der Waals surface area contributed by atoms with Crippen LogP contribution in [0.3, 0.4) is 0 Å². The molecule has 0 amide bonds. The maximum atomic E-state index is 8.86. The molecule has 3 N–H and O–H groups in total. The minimum atomic E-state index is -0.599. The fourth-order valence-corrected chi connectivity index (χ4v) is 1.47. The number of rotatable bonds is 4. The Bertz CT molecular complexity index is 484. The molecule has 1 aromatic heterocycles. The number of hydrogen-bond acceptors (Lipinski definition) is 5. The number of aliphatic hydroxyl groups is 1. The number of nitrogens with zero attached hydrogens (tertiary/aromatic N) is 2. The van der Waals surface area contributed by atoms with Crippen molar-refractivity contribution in [3.63, 3.8) is 0 Å². The normalized spacial score (nSPS) is 12.6. The summed E-state index contributed by atoms with van der Waals surface area (Å²) >= 11 is 5.78. The highest BCUT2D eigenvalue weighted by Gasteiger charge is 2.13. The Morgan fingerprint density at radius 1 is 1.35 bits per heavy atom. The van der Waals surface area contributed by atoms with E-state index in [0.29, 0.717) is 23.2 Å². The summed E-state index contributed by atoms with van der Waals surface area (Å²) < 4.78 is 5.04. The van der Waals surface area contributed by atoms with Crippen LogP contribution in [-0.4, -0.2) is 21.9 Å². The van der Waals surface area contributed by atoms with Gasteiger partial charge in [-0.15, -0.1) is 0 Å². The molecule has 6 heteroatoms. The number of hydrogen-bond donors (Lipinski definition) is 2. The fraction of sp³-hybridized carbons (Fsp3) is 0.273. The first kappa shape index (κ1) is 12.0. The van der Waals surface area contributed by atoms with Crippen molar-refractivity contribution in [2.45, 2.75) is 12.5 Å². The second-order valence-corrected chi connectivity index (χ2v) is 4.08. The van der Waals surface area contributed by atoms with Crippen molar-refractivity contribution < 1.29 is 9.63 Å². The molecule has 1 heterocycles. The van der Waals surface area contributed by atoms with Gasteiger partial charge >= 0.3 is 0 Å². The Labute approximate surface area is 103 Å². The Morgan fingerprint density at radius 2 is 2.06 bits per heavy atom. The highest BCUT2D eigenvalue weighted by atomic mass is 35.5. The van der Waals surface area contributed by atoms with Crippen LogP contribution < -0.4 is 5.73 Å². The van der Waals surface area contributed by atoms with E-state index in [-0.39, 0.29) is 6.61 Å². The average Bonchev–Trinajstić information content (AvgIpc) is 2.80. The van der Waals surface area contributed by atoms with Crippen molar-refractivity contribution in [3.05, 3.63) is 46.6 Å². The number of benzene rings is 1. The lowest BCUT2D eigenvalue weighted by molar-refractivity contribution is 0.259. The molecule has 0 aliphatic rings. The first-order valence-corrected chi connectivity index (χ1v) is 5.50. The zero-order chi connectivity index (χ0) is 12.3. The van der Waals surface area contributed by atoms with Gasteiger partial charge in [-0.05, 0) is 17.7 Å². The Balaban J connectivity index is 2.08. The first-order chi connectivity index (χ1) is 8.19. The van der Waals surface area contributed by atoms with Gasteiger partial charge in [0.1, 0.15) is 0 Å². The van der Waals surface area contributed by atoms with Gasteiger partial charge in [-0.1, -0.05) is 28.9 Å². The molecule has 0 saturated heterocycles. The number of halogens is 1. The number of aromatic nitrogens is 2. The Kier molecular flexibility index (Phi) is 3.73. The molecule has 0 aliphatic carbocycles. The second kappa shape index (κ2) is 5.27. The van der Waals surface area contributed by atoms with Gasteiger partial charge < -0.3 is 15.4 Å². The molecule has 1 aromatic carbocycles. The van der Waals surface area contributed by atoms with Gasteiger partial charge in [0.05, 0.1) is 19.1 Å². The van der Waals surface area contributed by atoms with E-state index in [1.165, 1.54) is 0 Å². The van der Waals surface area contributed by atoms with Crippen LogP contribution in [0.2, 0.25) is 5.02 Å². The molecule has 17 heavy (non-hydrogen) atoms. The fourth-order valence-electron chi connectivity index (χ4n) is 1.35. The van der Waals surface area contributed by atoms with E-state index in [4.69, 9.17) is 27.0 Å². The average molecular weight is 254 g/mol. The van der Waals surface area contributed by atoms with Gasteiger partial charge in [0.15, 0.2) is 5.82 Å². The summed E-state index contributed by atoms with van der Waals surface area (Å²) in [6.07, 6.45) is 0.516. The van der Waals surface area contributed by atoms with Gasteiger partial charge in [-0.3, -0.25) is 0 Å². The third-order valence-electron chi connectivity index (χ3n) is 2.28. The molecule has 2 aromatic rings. The third-order valence-corrected chi connectivity index (χ3v) is 2.53. The summed E-state index contributed by atoms with van der Waals surface area (Å²) in [5.74, 6) is 0.780. The van der Waals surface area contributed by atoms with Crippen LogP contribution in [0, 0.1) is 0 Å².